The Morgan fingerprint density at radius 3 is 2.65 bits per heavy atom. The van der Waals surface area contributed by atoms with Crippen molar-refractivity contribution in [3.8, 4) is 22.8 Å². The minimum absolute atomic E-state index is 0.557. The number of nitrogens with zero attached hydrogens (tertiary/aromatic N) is 2. The Balaban J connectivity index is 2.28. The van der Waals surface area contributed by atoms with E-state index >= 15 is 0 Å². The van der Waals surface area contributed by atoms with Crippen molar-refractivity contribution in [2.24, 2.45) is 5.73 Å². The third kappa shape index (κ3) is 2.75. The smallest absolute Gasteiger partial charge is 0.137 e. The first kappa shape index (κ1) is 15.4. The highest BCUT2D eigenvalue weighted by atomic mass is 16.5. The largest absolute Gasteiger partial charge is 0.497 e. The van der Waals surface area contributed by atoms with Crippen LogP contribution >= 0.6 is 0 Å². The van der Waals surface area contributed by atoms with Crippen LogP contribution < -0.4 is 15.2 Å². The second-order valence-corrected chi connectivity index (χ2v) is 5.44. The lowest BCUT2D eigenvalue weighted by Gasteiger charge is -2.10. The van der Waals surface area contributed by atoms with Gasteiger partial charge in [0.25, 0.3) is 0 Å². The molecule has 0 radical (unpaired) electrons. The second kappa shape index (κ2) is 6.30. The van der Waals surface area contributed by atoms with Crippen LogP contribution in [0.25, 0.3) is 16.9 Å². The highest BCUT2D eigenvalue weighted by Gasteiger charge is 2.17. The van der Waals surface area contributed by atoms with Gasteiger partial charge in [-0.15, -0.1) is 0 Å². The summed E-state index contributed by atoms with van der Waals surface area (Å²) in [7, 11) is 3.31. The molecule has 23 heavy (non-hydrogen) atoms. The molecule has 5 nitrogen and oxygen atoms in total. The summed E-state index contributed by atoms with van der Waals surface area (Å²) < 4.78 is 13.0. The number of nitrogens with two attached hydrogens (primary N) is 1. The van der Waals surface area contributed by atoms with E-state index < -0.39 is 0 Å². The summed E-state index contributed by atoms with van der Waals surface area (Å²) in [4.78, 5) is 4.82. The molecule has 0 aliphatic heterocycles. The van der Waals surface area contributed by atoms with E-state index in [4.69, 9.17) is 20.2 Å². The zero-order valence-electron chi connectivity index (χ0n) is 13.7. The van der Waals surface area contributed by atoms with Crippen molar-refractivity contribution in [2.45, 2.75) is 13.3 Å². The quantitative estimate of drug-likeness (QED) is 0.787. The Labute approximate surface area is 135 Å². The van der Waals surface area contributed by atoms with Crippen LogP contribution in [0.15, 0.2) is 36.5 Å². The first-order valence-electron chi connectivity index (χ1n) is 7.58. The molecule has 2 N–H and O–H groups in total. The predicted molar refractivity (Wildman–Crippen MR) is 91.2 cm³/mol. The van der Waals surface area contributed by atoms with E-state index in [0.717, 1.165) is 40.5 Å². The van der Waals surface area contributed by atoms with Gasteiger partial charge in [-0.05, 0) is 49.4 Å². The van der Waals surface area contributed by atoms with Crippen LogP contribution in [0, 0.1) is 6.92 Å². The van der Waals surface area contributed by atoms with E-state index in [2.05, 4.69) is 23.5 Å². The van der Waals surface area contributed by atoms with Gasteiger partial charge >= 0.3 is 0 Å². The van der Waals surface area contributed by atoms with Crippen molar-refractivity contribution in [3.05, 3.63) is 47.8 Å². The molecule has 0 aliphatic rings. The zero-order chi connectivity index (χ0) is 16.4. The van der Waals surface area contributed by atoms with Crippen LogP contribution in [0.1, 0.15) is 11.3 Å². The van der Waals surface area contributed by atoms with E-state index in [1.54, 1.807) is 14.2 Å². The Kier molecular flexibility index (Phi) is 4.21. The summed E-state index contributed by atoms with van der Waals surface area (Å²) in [6, 6.07) is 9.87. The molecule has 2 aromatic heterocycles. The fourth-order valence-corrected chi connectivity index (χ4v) is 2.79. The third-order valence-corrected chi connectivity index (χ3v) is 3.92. The van der Waals surface area contributed by atoms with Crippen molar-refractivity contribution < 1.29 is 9.47 Å². The number of hydrogen-bond donors (Lipinski definition) is 1. The van der Waals surface area contributed by atoms with E-state index in [0.29, 0.717) is 6.54 Å². The number of hydrogen-bond acceptors (Lipinski definition) is 4. The monoisotopic (exact) mass is 311 g/mol. The molecular formula is C18H21N3O2. The predicted octanol–water partition coefficient (Wildman–Crippen LogP) is 2.83. The van der Waals surface area contributed by atoms with E-state index in [-0.39, 0.29) is 0 Å². The van der Waals surface area contributed by atoms with E-state index in [1.807, 2.05) is 24.4 Å². The number of pyridine rings is 1. The molecule has 3 aromatic rings. The van der Waals surface area contributed by atoms with Crippen LogP contribution in [0.5, 0.6) is 11.5 Å². The average molecular weight is 311 g/mol. The van der Waals surface area contributed by atoms with Gasteiger partial charge in [0.1, 0.15) is 17.1 Å². The Bertz CT molecular complexity index is 840. The van der Waals surface area contributed by atoms with Crippen molar-refractivity contribution in [2.75, 3.05) is 20.8 Å². The number of fused-ring (bicyclic) bond motifs is 1. The fourth-order valence-electron chi connectivity index (χ4n) is 2.79. The molecule has 120 valence electrons. The number of aryl methyl sites for hydroxylation is 1. The lowest BCUT2D eigenvalue weighted by Crippen LogP contribution is -2.06. The SMILES string of the molecule is COc1ccc(OC)c(-c2nc3cc(C)ccn3c2CCN)c1. The summed E-state index contributed by atoms with van der Waals surface area (Å²) >= 11 is 0. The number of benzene rings is 1. The molecule has 0 aliphatic carbocycles. The van der Waals surface area contributed by atoms with Gasteiger partial charge in [0.15, 0.2) is 0 Å². The molecule has 0 fully saturated rings. The Morgan fingerprint density at radius 2 is 1.96 bits per heavy atom. The molecule has 0 saturated carbocycles. The summed E-state index contributed by atoms with van der Waals surface area (Å²) in [5, 5.41) is 0. The molecule has 0 spiro atoms. The Morgan fingerprint density at radius 1 is 1.13 bits per heavy atom. The molecule has 0 amide bonds. The second-order valence-electron chi connectivity index (χ2n) is 5.44. The molecule has 0 bridgehead atoms. The highest BCUT2D eigenvalue weighted by molar-refractivity contribution is 5.74. The van der Waals surface area contributed by atoms with Crippen molar-refractivity contribution >= 4 is 5.65 Å². The van der Waals surface area contributed by atoms with Crippen LogP contribution in [-0.2, 0) is 6.42 Å². The molecule has 0 atom stereocenters. The summed E-state index contributed by atoms with van der Waals surface area (Å²) in [5.41, 5.74) is 10.8. The number of rotatable bonds is 5. The van der Waals surface area contributed by atoms with Gasteiger partial charge in [-0.25, -0.2) is 4.98 Å². The van der Waals surface area contributed by atoms with Crippen molar-refractivity contribution in [1.82, 2.24) is 9.38 Å². The maximum atomic E-state index is 5.82. The molecule has 3 rings (SSSR count). The van der Waals surface area contributed by atoms with Gasteiger partial charge in [0, 0.05) is 18.2 Å². The first-order valence-corrected chi connectivity index (χ1v) is 7.58. The molecule has 0 saturated heterocycles. The average Bonchev–Trinajstić information content (AvgIpc) is 2.92. The van der Waals surface area contributed by atoms with Gasteiger partial charge < -0.3 is 19.6 Å². The maximum absolute atomic E-state index is 5.82. The van der Waals surface area contributed by atoms with Crippen LogP contribution in [-0.4, -0.2) is 30.1 Å². The lowest BCUT2D eigenvalue weighted by molar-refractivity contribution is 0.404. The summed E-state index contributed by atoms with van der Waals surface area (Å²) in [6.45, 7) is 2.62. The number of imidazole rings is 1. The van der Waals surface area contributed by atoms with Crippen LogP contribution in [0.3, 0.4) is 0 Å². The number of ether oxygens (including phenoxy) is 2. The van der Waals surface area contributed by atoms with Gasteiger partial charge in [0.05, 0.1) is 25.6 Å². The maximum Gasteiger partial charge on any atom is 0.137 e. The van der Waals surface area contributed by atoms with Crippen LogP contribution in [0.4, 0.5) is 0 Å². The minimum Gasteiger partial charge on any atom is -0.497 e. The molecule has 0 unspecified atom stereocenters. The number of aromatic nitrogens is 2. The topological polar surface area (TPSA) is 61.8 Å². The van der Waals surface area contributed by atoms with Crippen LogP contribution in [0.2, 0.25) is 0 Å². The van der Waals surface area contributed by atoms with Gasteiger partial charge in [-0.2, -0.15) is 0 Å². The normalized spacial score (nSPS) is 11.0. The Hall–Kier alpha value is -2.53. The molecule has 2 heterocycles. The van der Waals surface area contributed by atoms with Gasteiger partial charge in [-0.1, -0.05) is 0 Å². The molecule has 1 aromatic carbocycles. The highest BCUT2D eigenvalue weighted by Crippen LogP contribution is 2.35. The summed E-state index contributed by atoms with van der Waals surface area (Å²) in [6.07, 6.45) is 2.78. The van der Waals surface area contributed by atoms with Gasteiger partial charge in [-0.3, -0.25) is 0 Å². The molecular weight excluding hydrogens is 290 g/mol. The molecule has 5 heteroatoms. The fraction of sp³-hybridized carbons (Fsp3) is 0.278. The standard InChI is InChI=1S/C18H21N3O2/c1-12-7-9-21-15(6-8-19)18(20-17(21)10-12)14-11-13(22-2)4-5-16(14)23-3/h4-5,7,9-11H,6,8,19H2,1-3H3. The first-order chi connectivity index (χ1) is 11.2. The van der Waals surface area contributed by atoms with Gasteiger partial charge in [0.2, 0.25) is 0 Å². The third-order valence-electron chi connectivity index (χ3n) is 3.92. The zero-order valence-corrected chi connectivity index (χ0v) is 13.7. The van der Waals surface area contributed by atoms with E-state index in [1.165, 1.54) is 5.56 Å². The lowest BCUT2D eigenvalue weighted by atomic mass is 10.1. The summed E-state index contributed by atoms with van der Waals surface area (Å²) in [5.74, 6) is 1.54. The van der Waals surface area contributed by atoms with Crippen molar-refractivity contribution in [1.29, 1.82) is 0 Å². The van der Waals surface area contributed by atoms with Crippen molar-refractivity contribution in [3.63, 3.8) is 0 Å². The van der Waals surface area contributed by atoms with E-state index in [9.17, 15) is 0 Å². The number of methoxy groups -OCH3 is 2. The minimum atomic E-state index is 0.557.